The highest BCUT2D eigenvalue weighted by atomic mass is 32.2. The molecular weight excluding hydrogens is 268 g/mol. The number of esters is 1. The van der Waals surface area contributed by atoms with E-state index in [4.69, 9.17) is 9.29 Å². The van der Waals surface area contributed by atoms with Crippen LogP contribution in [0.2, 0.25) is 0 Å². The molecule has 2 fully saturated rings. The highest BCUT2D eigenvalue weighted by Gasteiger charge is 2.40. The Kier molecular flexibility index (Phi) is 4.84. The summed E-state index contributed by atoms with van der Waals surface area (Å²) in [5.41, 5.74) is 0. The molecule has 110 valence electrons. The summed E-state index contributed by atoms with van der Waals surface area (Å²) in [5, 5.41) is 0. The molecule has 2 saturated carbocycles. The van der Waals surface area contributed by atoms with Crippen molar-refractivity contribution in [2.24, 2.45) is 17.8 Å². The lowest BCUT2D eigenvalue weighted by Gasteiger charge is -2.20. The average Bonchev–Trinajstić information content (AvgIpc) is 2.88. The number of ether oxygens (including phenoxy) is 1. The van der Waals surface area contributed by atoms with Crippen LogP contribution < -0.4 is 0 Å². The largest absolute Gasteiger partial charge is 0.466 e. The van der Waals surface area contributed by atoms with Gasteiger partial charge in [-0.3, -0.25) is 9.35 Å². The Morgan fingerprint density at radius 2 is 2.00 bits per heavy atom. The molecule has 5 nitrogen and oxygen atoms in total. The van der Waals surface area contributed by atoms with Gasteiger partial charge < -0.3 is 4.74 Å². The topological polar surface area (TPSA) is 80.7 Å². The second-order valence-electron chi connectivity index (χ2n) is 5.85. The van der Waals surface area contributed by atoms with Gasteiger partial charge in [0.2, 0.25) is 0 Å². The van der Waals surface area contributed by atoms with E-state index in [0.29, 0.717) is 25.2 Å². The summed E-state index contributed by atoms with van der Waals surface area (Å²) in [5.74, 6) is 1.62. The van der Waals surface area contributed by atoms with Gasteiger partial charge in [0.05, 0.1) is 12.4 Å². The van der Waals surface area contributed by atoms with Crippen LogP contribution in [0.5, 0.6) is 0 Å². The van der Waals surface area contributed by atoms with Gasteiger partial charge in [-0.2, -0.15) is 8.42 Å². The monoisotopic (exact) mass is 290 g/mol. The maximum Gasteiger partial charge on any atom is 0.306 e. The van der Waals surface area contributed by atoms with Gasteiger partial charge in [-0.1, -0.05) is 6.42 Å². The molecule has 19 heavy (non-hydrogen) atoms. The molecule has 2 aliphatic carbocycles. The number of carbonyl (C=O) groups excluding carboxylic acids is 1. The Balaban J connectivity index is 1.55. The molecule has 3 unspecified atom stereocenters. The molecule has 0 aromatic rings. The third-order valence-corrected chi connectivity index (χ3v) is 5.18. The Morgan fingerprint density at radius 1 is 1.21 bits per heavy atom. The molecule has 0 aliphatic heterocycles. The summed E-state index contributed by atoms with van der Waals surface area (Å²) in [6.07, 6.45) is 6.35. The molecule has 0 heterocycles. The van der Waals surface area contributed by atoms with E-state index in [1.807, 2.05) is 0 Å². The fourth-order valence-corrected chi connectivity index (χ4v) is 4.04. The summed E-state index contributed by atoms with van der Waals surface area (Å²) in [6.45, 7) is 0.245. The number of unbranched alkanes of at least 4 members (excludes halogenated alkanes) is 1. The van der Waals surface area contributed by atoms with Crippen molar-refractivity contribution in [2.45, 2.75) is 44.9 Å². The van der Waals surface area contributed by atoms with Crippen LogP contribution in [-0.4, -0.2) is 31.3 Å². The molecule has 2 aliphatic rings. The van der Waals surface area contributed by atoms with Crippen molar-refractivity contribution in [3.63, 3.8) is 0 Å². The van der Waals surface area contributed by atoms with Crippen molar-refractivity contribution < 1.29 is 22.5 Å². The fourth-order valence-electron chi connectivity index (χ4n) is 3.47. The summed E-state index contributed by atoms with van der Waals surface area (Å²) in [6, 6.07) is 0. The van der Waals surface area contributed by atoms with Gasteiger partial charge >= 0.3 is 5.97 Å². The molecule has 0 radical (unpaired) electrons. The Labute approximate surface area is 114 Å². The highest BCUT2D eigenvalue weighted by molar-refractivity contribution is 7.85. The van der Waals surface area contributed by atoms with E-state index in [-0.39, 0.29) is 18.3 Å². The van der Waals surface area contributed by atoms with Crippen LogP contribution in [0.1, 0.15) is 44.9 Å². The van der Waals surface area contributed by atoms with Gasteiger partial charge in [-0.15, -0.1) is 0 Å². The van der Waals surface area contributed by atoms with E-state index >= 15 is 0 Å². The molecule has 0 spiro atoms. The maximum absolute atomic E-state index is 11.6. The molecular formula is C13H22O5S. The lowest BCUT2D eigenvalue weighted by Crippen LogP contribution is -2.17. The van der Waals surface area contributed by atoms with Gasteiger partial charge in [0.15, 0.2) is 0 Å². The molecule has 0 aromatic carbocycles. The van der Waals surface area contributed by atoms with Crippen molar-refractivity contribution in [1.82, 2.24) is 0 Å². The van der Waals surface area contributed by atoms with E-state index in [0.717, 1.165) is 11.8 Å². The highest BCUT2D eigenvalue weighted by Crippen LogP contribution is 2.49. The van der Waals surface area contributed by atoms with Crippen LogP contribution in [0.15, 0.2) is 0 Å². The first-order valence-electron chi connectivity index (χ1n) is 7.05. The number of fused-ring (bicyclic) bond motifs is 2. The second kappa shape index (κ2) is 6.22. The van der Waals surface area contributed by atoms with Crippen molar-refractivity contribution >= 4 is 16.1 Å². The van der Waals surface area contributed by atoms with Crippen molar-refractivity contribution in [3.8, 4) is 0 Å². The third kappa shape index (κ3) is 4.76. The molecule has 0 aromatic heterocycles. The van der Waals surface area contributed by atoms with E-state index < -0.39 is 10.1 Å². The number of hydrogen-bond acceptors (Lipinski definition) is 4. The predicted molar refractivity (Wildman–Crippen MR) is 70.2 cm³/mol. The molecule has 2 bridgehead atoms. The zero-order chi connectivity index (χ0) is 13.9. The quantitative estimate of drug-likeness (QED) is 0.441. The van der Waals surface area contributed by atoms with E-state index in [1.54, 1.807) is 0 Å². The van der Waals surface area contributed by atoms with E-state index in [9.17, 15) is 13.2 Å². The lowest BCUT2D eigenvalue weighted by atomic mass is 9.86. The average molecular weight is 290 g/mol. The molecule has 1 N–H and O–H groups in total. The molecule has 3 atom stereocenters. The Hall–Kier alpha value is -0.620. The van der Waals surface area contributed by atoms with Crippen molar-refractivity contribution in [1.29, 1.82) is 0 Å². The minimum atomic E-state index is -3.89. The van der Waals surface area contributed by atoms with Gasteiger partial charge in [-0.25, -0.2) is 0 Å². The predicted octanol–water partition coefficient (Wildman–Crippen LogP) is 2.02. The van der Waals surface area contributed by atoms with Crippen LogP contribution in [-0.2, 0) is 19.6 Å². The first-order valence-corrected chi connectivity index (χ1v) is 8.66. The SMILES string of the molecule is O=C(CC1CC2CCC1C2)OCCCCS(=O)(=O)O. The first kappa shape index (κ1) is 14.8. The molecule has 6 heteroatoms. The first-order chi connectivity index (χ1) is 8.94. The van der Waals surface area contributed by atoms with Crippen LogP contribution in [0, 0.1) is 17.8 Å². The van der Waals surface area contributed by atoms with Crippen LogP contribution >= 0.6 is 0 Å². The second-order valence-corrected chi connectivity index (χ2v) is 7.42. The Bertz CT molecular complexity index is 417. The number of hydrogen-bond donors (Lipinski definition) is 1. The lowest BCUT2D eigenvalue weighted by molar-refractivity contribution is -0.145. The van der Waals surface area contributed by atoms with E-state index in [1.165, 1.54) is 25.7 Å². The Morgan fingerprint density at radius 3 is 2.58 bits per heavy atom. The zero-order valence-electron chi connectivity index (χ0n) is 11.1. The summed E-state index contributed by atoms with van der Waals surface area (Å²) in [7, 11) is -3.89. The van der Waals surface area contributed by atoms with Crippen molar-refractivity contribution in [3.05, 3.63) is 0 Å². The normalized spacial score (nSPS) is 29.6. The van der Waals surface area contributed by atoms with Crippen LogP contribution in [0.3, 0.4) is 0 Å². The number of rotatable bonds is 7. The van der Waals surface area contributed by atoms with Crippen LogP contribution in [0.25, 0.3) is 0 Å². The van der Waals surface area contributed by atoms with Gasteiger partial charge in [0.1, 0.15) is 0 Å². The smallest absolute Gasteiger partial charge is 0.306 e. The fraction of sp³-hybridized carbons (Fsp3) is 0.923. The standard InChI is InChI=1S/C13H22O5S/c14-13(18-5-1-2-6-19(15,16)17)9-12-8-10-3-4-11(12)7-10/h10-12H,1-9H2,(H,15,16,17). The van der Waals surface area contributed by atoms with Crippen molar-refractivity contribution in [2.75, 3.05) is 12.4 Å². The minimum Gasteiger partial charge on any atom is -0.466 e. The van der Waals surface area contributed by atoms with Gasteiger partial charge in [0.25, 0.3) is 10.1 Å². The molecule has 2 rings (SSSR count). The molecule has 0 saturated heterocycles. The zero-order valence-corrected chi connectivity index (χ0v) is 11.9. The number of carbonyl (C=O) groups is 1. The van der Waals surface area contributed by atoms with Crippen LogP contribution in [0.4, 0.5) is 0 Å². The van der Waals surface area contributed by atoms with Gasteiger partial charge in [-0.05, 0) is 49.9 Å². The van der Waals surface area contributed by atoms with E-state index in [2.05, 4.69) is 0 Å². The summed E-state index contributed by atoms with van der Waals surface area (Å²) in [4.78, 5) is 11.6. The summed E-state index contributed by atoms with van der Waals surface area (Å²) < 4.78 is 34.6. The van der Waals surface area contributed by atoms with Gasteiger partial charge in [0, 0.05) is 6.42 Å². The minimum absolute atomic E-state index is 0.163. The summed E-state index contributed by atoms with van der Waals surface area (Å²) >= 11 is 0. The molecule has 0 amide bonds. The maximum atomic E-state index is 11.6. The third-order valence-electron chi connectivity index (χ3n) is 4.37.